The van der Waals surface area contributed by atoms with Crippen molar-refractivity contribution in [2.75, 3.05) is 44.6 Å². The van der Waals surface area contributed by atoms with Crippen LogP contribution >= 0.6 is 23.4 Å². The maximum atomic E-state index is 13.9. The predicted octanol–water partition coefficient (Wildman–Crippen LogP) is 5.30. The maximum Gasteiger partial charge on any atom is 0.240 e. The van der Waals surface area contributed by atoms with Crippen molar-refractivity contribution < 1.29 is 23.8 Å². The number of aromatic nitrogens is 2. The summed E-state index contributed by atoms with van der Waals surface area (Å²) in [5.41, 5.74) is 2.68. The van der Waals surface area contributed by atoms with Crippen molar-refractivity contribution in [3.63, 3.8) is 0 Å². The van der Waals surface area contributed by atoms with E-state index in [2.05, 4.69) is 26.1 Å². The first-order valence-corrected chi connectivity index (χ1v) is 15.5. The molecule has 0 radical (unpaired) electrons. The van der Waals surface area contributed by atoms with Gasteiger partial charge in [0, 0.05) is 29.7 Å². The minimum Gasteiger partial charge on any atom is -0.497 e. The SMILES string of the molecule is COc1ccc(OC)c([C@@H]2SCC(=O)N(CC(=O)NC[C@@H]3CCCO3)c3c2c(C(C)(C)C)nn3-c2ccccc2Cl)c1. The van der Waals surface area contributed by atoms with Crippen LogP contribution in [0.3, 0.4) is 0 Å². The van der Waals surface area contributed by atoms with Crippen LogP contribution in [0.2, 0.25) is 5.02 Å². The molecule has 1 fully saturated rings. The minimum atomic E-state index is -0.414. The third-order valence-electron chi connectivity index (χ3n) is 7.45. The summed E-state index contributed by atoms with van der Waals surface area (Å²) in [6.07, 6.45) is 1.88. The Morgan fingerprint density at radius 1 is 1.19 bits per heavy atom. The molecule has 1 aromatic heterocycles. The van der Waals surface area contributed by atoms with E-state index in [4.69, 9.17) is 30.9 Å². The van der Waals surface area contributed by atoms with Crippen molar-refractivity contribution >= 4 is 41.0 Å². The molecule has 2 aromatic carbocycles. The number of nitrogens with one attached hydrogen (secondary N) is 1. The van der Waals surface area contributed by atoms with Crippen LogP contribution < -0.4 is 19.7 Å². The number of halogens is 1. The number of anilines is 1. The van der Waals surface area contributed by atoms with Crippen LogP contribution in [-0.4, -0.2) is 67.4 Å². The Labute approximate surface area is 255 Å². The third-order valence-corrected chi connectivity index (χ3v) is 9.01. The molecule has 0 saturated carbocycles. The number of methoxy groups -OCH3 is 2. The summed E-state index contributed by atoms with van der Waals surface area (Å²) in [7, 11) is 3.25. The summed E-state index contributed by atoms with van der Waals surface area (Å²) < 4.78 is 18.8. The molecule has 11 heteroatoms. The van der Waals surface area contributed by atoms with Crippen LogP contribution in [0.25, 0.3) is 5.69 Å². The van der Waals surface area contributed by atoms with Gasteiger partial charge in [0.1, 0.15) is 23.9 Å². The van der Waals surface area contributed by atoms with Crippen LogP contribution in [0.1, 0.15) is 55.7 Å². The number of carbonyl (C=O) groups is 2. The molecule has 2 amide bonds. The quantitative estimate of drug-likeness (QED) is 0.369. The van der Waals surface area contributed by atoms with E-state index in [1.165, 1.54) is 11.8 Å². The molecule has 1 saturated heterocycles. The largest absolute Gasteiger partial charge is 0.497 e. The first-order chi connectivity index (χ1) is 20.1. The second kappa shape index (κ2) is 12.6. The lowest BCUT2D eigenvalue weighted by atomic mass is 9.87. The molecule has 42 heavy (non-hydrogen) atoms. The molecule has 0 bridgehead atoms. The Morgan fingerprint density at radius 3 is 2.64 bits per heavy atom. The molecular weight excluding hydrogens is 576 g/mol. The Morgan fingerprint density at radius 2 is 1.98 bits per heavy atom. The van der Waals surface area contributed by atoms with Gasteiger partial charge in [0.2, 0.25) is 11.8 Å². The van der Waals surface area contributed by atoms with E-state index in [-0.39, 0.29) is 35.5 Å². The molecule has 2 atom stereocenters. The molecule has 5 rings (SSSR count). The molecule has 0 unspecified atom stereocenters. The molecule has 1 N–H and O–H groups in total. The van der Waals surface area contributed by atoms with Gasteiger partial charge in [-0.2, -0.15) is 5.10 Å². The Hall–Kier alpha value is -3.21. The average Bonchev–Trinajstić information content (AvgIpc) is 3.61. The summed E-state index contributed by atoms with van der Waals surface area (Å²) in [6.45, 7) is 7.20. The summed E-state index contributed by atoms with van der Waals surface area (Å²) in [4.78, 5) is 28.8. The molecule has 3 aromatic rings. The van der Waals surface area contributed by atoms with Crippen molar-refractivity contribution in [1.29, 1.82) is 0 Å². The van der Waals surface area contributed by atoms with Crippen LogP contribution in [0, 0.1) is 0 Å². The third kappa shape index (κ3) is 6.11. The number of carbonyl (C=O) groups excluding carboxylic acids is 2. The monoisotopic (exact) mass is 612 g/mol. The van der Waals surface area contributed by atoms with Gasteiger partial charge in [-0.3, -0.25) is 14.5 Å². The lowest BCUT2D eigenvalue weighted by Gasteiger charge is -2.25. The highest BCUT2D eigenvalue weighted by Gasteiger charge is 2.41. The fourth-order valence-electron chi connectivity index (χ4n) is 5.39. The van der Waals surface area contributed by atoms with Gasteiger partial charge in [0.15, 0.2) is 0 Å². The van der Waals surface area contributed by atoms with E-state index in [0.717, 1.165) is 29.7 Å². The normalized spacial score (nSPS) is 18.9. The number of para-hydroxylation sites is 1. The average molecular weight is 613 g/mol. The van der Waals surface area contributed by atoms with E-state index in [1.807, 2.05) is 36.4 Å². The summed E-state index contributed by atoms with van der Waals surface area (Å²) >= 11 is 8.20. The van der Waals surface area contributed by atoms with Crippen LogP contribution in [-0.2, 0) is 19.7 Å². The van der Waals surface area contributed by atoms with Gasteiger partial charge < -0.3 is 19.5 Å². The summed E-state index contributed by atoms with van der Waals surface area (Å²) in [5.74, 6) is 1.53. The number of ether oxygens (including phenoxy) is 3. The first-order valence-electron chi connectivity index (χ1n) is 14.0. The van der Waals surface area contributed by atoms with Gasteiger partial charge in [-0.05, 0) is 43.2 Å². The van der Waals surface area contributed by atoms with Gasteiger partial charge in [-0.15, -0.1) is 11.8 Å². The van der Waals surface area contributed by atoms with Crippen molar-refractivity contribution in [1.82, 2.24) is 15.1 Å². The second-order valence-electron chi connectivity index (χ2n) is 11.4. The predicted molar refractivity (Wildman–Crippen MR) is 165 cm³/mol. The molecular formula is C31H37ClN4O5S. The van der Waals surface area contributed by atoms with E-state index in [0.29, 0.717) is 41.2 Å². The Balaban J connectivity index is 1.70. The number of nitrogens with zero attached hydrogens (tertiary/aromatic N) is 3. The van der Waals surface area contributed by atoms with E-state index < -0.39 is 5.41 Å². The fraction of sp³-hybridized carbons (Fsp3) is 0.452. The first kappa shape index (κ1) is 30.3. The number of fused-ring (bicyclic) bond motifs is 1. The topological polar surface area (TPSA) is 94.9 Å². The highest BCUT2D eigenvalue weighted by atomic mass is 35.5. The van der Waals surface area contributed by atoms with E-state index in [9.17, 15) is 9.59 Å². The maximum absolute atomic E-state index is 13.9. The van der Waals surface area contributed by atoms with Crippen molar-refractivity contribution in [2.24, 2.45) is 0 Å². The zero-order chi connectivity index (χ0) is 30.0. The highest BCUT2D eigenvalue weighted by molar-refractivity contribution is 8.00. The Kier molecular flexibility index (Phi) is 9.05. The lowest BCUT2D eigenvalue weighted by molar-refractivity contribution is -0.123. The standard InChI is InChI=1S/C31H37ClN4O5S/c1-31(2,3)29-27-28(21-15-19(39-4)12-13-24(21)40-5)42-18-26(38)35(17-25(37)33-16-20-9-8-14-41-20)30(27)36(34-29)23-11-7-6-10-22(23)32/h6-7,10-13,15,20,28H,8-9,14,16-18H2,1-5H3,(H,33,37)/t20-,28-/m0/s1. The van der Waals surface area contributed by atoms with Crippen molar-refractivity contribution in [3.05, 3.63) is 64.3 Å². The van der Waals surface area contributed by atoms with Gasteiger partial charge >= 0.3 is 0 Å². The molecule has 224 valence electrons. The Bertz CT molecular complexity index is 1460. The number of rotatable bonds is 8. The minimum absolute atomic E-state index is 0.00838. The summed E-state index contributed by atoms with van der Waals surface area (Å²) in [6, 6.07) is 13.0. The van der Waals surface area contributed by atoms with Crippen LogP contribution in [0.15, 0.2) is 42.5 Å². The number of hydrogen-bond donors (Lipinski definition) is 1. The van der Waals surface area contributed by atoms with Gasteiger partial charge in [0.05, 0.1) is 47.7 Å². The van der Waals surface area contributed by atoms with Gasteiger partial charge in [-0.1, -0.05) is 44.5 Å². The molecule has 0 spiro atoms. The number of amides is 2. The number of hydrogen-bond acceptors (Lipinski definition) is 7. The van der Waals surface area contributed by atoms with E-state index in [1.54, 1.807) is 29.9 Å². The van der Waals surface area contributed by atoms with E-state index >= 15 is 0 Å². The summed E-state index contributed by atoms with van der Waals surface area (Å²) in [5, 5.41) is 8.21. The van der Waals surface area contributed by atoms with Gasteiger partial charge in [0.25, 0.3) is 0 Å². The number of thioether (sulfide) groups is 1. The number of benzene rings is 2. The smallest absolute Gasteiger partial charge is 0.240 e. The van der Waals surface area contributed by atoms with Gasteiger partial charge in [-0.25, -0.2) is 4.68 Å². The zero-order valence-corrected chi connectivity index (χ0v) is 26.2. The lowest BCUT2D eigenvalue weighted by Crippen LogP contribution is -2.44. The second-order valence-corrected chi connectivity index (χ2v) is 12.9. The molecule has 2 aliphatic heterocycles. The molecule has 0 aliphatic carbocycles. The van der Waals surface area contributed by atoms with Crippen LogP contribution in [0.5, 0.6) is 11.5 Å². The molecule has 2 aliphatic rings. The fourth-order valence-corrected chi connectivity index (χ4v) is 6.82. The molecule has 9 nitrogen and oxygen atoms in total. The van der Waals surface area contributed by atoms with Crippen LogP contribution in [0.4, 0.5) is 5.82 Å². The zero-order valence-electron chi connectivity index (χ0n) is 24.6. The molecule has 3 heterocycles. The van der Waals surface area contributed by atoms with Crippen molar-refractivity contribution in [2.45, 2.75) is 50.4 Å². The highest BCUT2D eigenvalue weighted by Crippen LogP contribution is 2.51. The van der Waals surface area contributed by atoms with Crippen molar-refractivity contribution in [3.8, 4) is 17.2 Å².